The van der Waals surface area contributed by atoms with E-state index in [9.17, 15) is 0 Å². The smallest absolute Gasteiger partial charge is 0.185 e. The van der Waals surface area contributed by atoms with Gasteiger partial charge in [-0.05, 0) is 32.5 Å². The Kier molecular flexibility index (Phi) is 9.79. The molecule has 0 rings (SSSR count). The van der Waals surface area contributed by atoms with Crippen LogP contribution in [0.3, 0.4) is 0 Å². The minimum atomic E-state index is -1.48. The Morgan fingerprint density at radius 1 is 0.850 bits per heavy atom. The van der Waals surface area contributed by atoms with Crippen LogP contribution in [0, 0.1) is 11.5 Å². The van der Waals surface area contributed by atoms with E-state index in [1.165, 1.54) is 38.5 Å². The molecule has 0 N–H and O–H groups in total. The number of hydrogen-bond donors (Lipinski definition) is 0. The number of unbranched alkanes of at least 4 members (excludes halogenated alkanes) is 5. The Labute approximate surface area is 130 Å². The molecule has 0 heterocycles. The van der Waals surface area contributed by atoms with Crippen LogP contribution in [0.4, 0.5) is 0 Å². The first-order valence-electron chi connectivity index (χ1n) is 8.34. The van der Waals surface area contributed by atoms with Crippen LogP contribution < -0.4 is 0 Å². The van der Waals surface area contributed by atoms with Gasteiger partial charge in [0.05, 0.1) is 0 Å². The molecule has 1 nitrogen and oxygen atoms in total. The maximum absolute atomic E-state index is 6.25. The third-order valence-electron chi connectivity index (χ3n) is 2.92. The van der Waals surface area contributed by atoms with Crippen molar-refractivity contribution in [3.05, 3.63) is 0 Å². The molecule has 20 heavy (non-hydrogen) atoms. The van der Waals surface area contributed by atoms with E-state index in [4.69, 9.17) is 4.43 Å². The number of rotatable bonds is 9. The summed E-state index contributed by atoms with van der Waals surface area (Å²) in [6, 6.07) is 0. The van der Waals surface area contributed by atoms with Gasteiger partial charge in [-0.1, -0.05) is 64.6 Å². The highest BCUT2D eigenvalue weighted by molar-refractivity contribution is 6.83. The van der Waals surface area contributed by atoms with Crippen molar-refractivity contribution in [2.75, 3.05) is 0 Å². The van der Waals surface area contributed by atoms with Crippen molar-refractivity contribution in [3.8, 4) is 11.5 Å². The molecule has 0 aliphatic rings. The Hall–Kier alpha value is -0.0462. The minimum Gasteiger partial charge on any atom is -0.404 e. The second kappa shape index (κ2) is 9.81. The minimum absolute atomic E-state index is 0.180. The third kappa shape index (κ3) is 14.4. The van der Waals surface area contributed by atoms with Gasteiger partial charge in [-0.15, -0.1) is 5.54 Å². The van der Waals surface area contributed by atoms with Gasteiger partial charge in [-0.25, -0.2) is 0 Å². The summed E-state index contributed by atoms with van der Waals surface area (Å²) in [5, 5.41) is 0. The zero-order valence-corrected chi connectivity index (χ0v) is 16.9. The van der Waals surface area contributed by atoms with Crippen LogP contribution in [0.25, 0.3) is 0 Å². The van der Waals surface area contributed by atoms with Crippen molar-refractivity contribution in [2.24, 2.45) is 0 Å². The molecule has 0 saturated carbocycles. The molecule has 0 aromatic rings. The van der Waals surface area contributed by atoms with E-state index in [0.717, 1.165) is 6.42 Å². The van der Waals surface area contributed by atoms with Gasteiger partial charge in [-0.2, -0.15) is 0 Å². The SMILES string of the molecule is CCCCCCCCC(C#C[Si](C)(C)C)O[Si](C)(C)C. The Morgan fingerprint density at radius 2 is 1.40 bits per heavy atom. The van der Waals surface area contributed by atoms with Crippen molar-refractivity contribution in [1.29, 1.82) is 0 Å². The summed E-state index contributed by atoms with van der Waals surface area (Å²) < 4.78 is 6.25. The molecule has 0 spiro atoms. The molecule has 1 unspecified atom stereocenters. The molecule has 0 fully saturated rings. The van der Waals surface area contributed by atoms with Crippen molar-refractivity contribution < 1.29 is 4.43 Å². The molecular weight excluding hydrogens is 276 g/mol. The van der Waals surface area contributed by atoms with Crippen LogP contribution >= 0.6 is 0 Å². The van der Waals surface area contributed by atoms with Crippen molar-refractivity contribution in [3.63, 3.8) is 0 Å². The molecule has 0 radical (unpaired) electrons. The largest absolute Gasteiger partial charge is 0.404 e. The van der Waals surface area contributed by atoms with Crippen molar-refractivity contribution in [2.45, 2.75) is 97.3 Å². The molecule has 1 atom stereocenters. The molecule has 0 aromatic heterocycles. The second-order valence-electron chi connectivity index (χ2n) is 7.79. The molecule has 0 aliphatic heterocycles. The Balaban J connectivity index is 4.22. The fourth-order valence-electron chi connectivity index (χ4n) is 1.99. The highest BCUT2D eigenvalue weighted by atomic mass is 28.4. The fourth-order valence-corrected chi connectivity index (χ4v) is 3.62. The van der Waals surface area contributed by atoms with Crippen LogP contribution in [0.15, 0.2) is 0 Å². The van der Waals surface area contributed by atoms with Gasteiger partial charge in [0.25, 0.3) is 0 Å². The normalized spacial score (nSPS) is 13.8. The second-order valence-corrected chi connectivity index (χ2v) is 17.0. The highest BCUT2D eigenvalue weighted by Crippen LogP contribution is 2.15. The zero-order valence-electron chi connectivity index (χ0n) is 14.9. The van der Waals surface area contributed by atoms with Crippen LogP contribution in [-0.4, -0.2) is 22.5 Å². The van der Waals surface area contributed by atoms with E-state index < -0.39 is 16.4 Å². The van der Waals surface area contributed by atoms with E-state index in [0.29, 0.717) is 0 Å². The fraction of sp³-hybridized carbons (Fsp3) is 0.882. The maximum Gasteiger partial charge on any atom is 0.185 e. The maximum atomic E-state index is 6.25. The van der Waals surface area contributed by atoms with E-state index >= 15 is 0 Å². The Bertz CT molecular complexity index is 302. The average molecular weight is 313 g/mol. The van der Waals surface area contributed by atoms with Gasteiger partial charge in [0, 0.05) is 0 Å². The van der Waals surface area contributed by atoms with Gasteiger partial charge < -0.3 is 4.43 Å². The van der Waals surface area contributed by atoms with E-state index in [1.54, 1.807) is 0 Å². The first-order chi connectivity index (χ1) is 9.14. The molecule has 0 amide bonds. The first kappa shape index (κ1) is 20.0. The monoisotopic (exact) mass is 312 g/mol. The first-order valence-corrected chi connectivity index (χ1v) is 15.3. The van der Waals surface area contributed by atoms with E-state index in [1.807, 2.05) is 0 Å². The molecular formula is C17H36OSi2. The molecule has 0 bridgehead atoms. The van der Waals surface area contributed by atoms with Gasteiger partial charge in [0.2, 0.25) is 0 Å². The summed E-state index contributed by atoms with van der Waals surface area (Å²) in [7, 11) is -2.77. The summed E-state index contributed by atoms with van der Waals surface area (Å²) in [6.45, 7) is 16.0. The Morgan fingerprint density at radius 3 is 1.90 bits per heavy atom. The predicted molar refractivity (Wildman–Crippen MR) is 97.3 cm³/mol. The molecule has 0 aliphatic carbocycles. The van der Waals surface area contributed by atoms with Gasteiger partial charge in [0.15, 0.2) is 8.32 Å². The lowest BCUT2D eigenvalue weighted by Crippen LogP contribution is -2.32. The topological polar surface area (TPSA) is 9.23 Å². The van der Waals surface area contributed by atoms with Crippen molar-refractivity contribution in [1.82, 2.24) is 0 Å². The quantitative estimate of drug-likeness (QED) is 0.295. The average Bonchev–Trinajstić information content (AvgIpc) is 2.27. The van der Waals surface area contributed by atoms with Crippen LogP contribution in [0.1, 0.15) is 51.9 Å². The van der Waals surface area contributed by atoms with Crippen LogP contribution in [0.2, 0.25) is 39.3 Å². The molecule has 118 valence electrons. The summed E-state index contributed by atoms with van der Waals surface area (Å²) in [5.74, 6) is 3.44. The summed E-state index contributed by atoms with van der Waals surface area (Å²) >= 11 is 0. The molecule has 0 saturated heterocycles. The van der Waals surface area contributed by atoms with Gasteiger partial charge >= 0.3 is 0 Å². The van der Waals surface area contributed by atoms with Crippen LogP contribution in [-0.2, 0) is 4.43 Å². The lowest BCUT2D eigenvalue weighted by Gasteiger charge is -2.23. The standard InChI is InChI=1S/C17H36OSi2/c1-8-9-10-11-12-13-14-17(18-20(5,6)7)15-16-19(2,3)4/h17H,8-14H2,1-7H3. The van der Waals surface area contributed by atoms with Gasteiger partial charge in [0.1, 0.15) is 14.2 Å². The third-order valence-corrected chi connectivity index (χ3v) is 4.81. The van der Waals surface area contributed by atoms with Crippen molar-refractivity contribution >= 4 is 16.4 Å². The number of hydrogen-bond acceptors (Lipinski definition) is 1. The van der Waals surface area contributed by atoms with E-state index in [2.05, 4.69) is 57.7 Å². The molecule has 3 heteroatoms. The van der Waals surface area contributed by atoms with Crippen LogP contribution in [0.5, 0.6) is 0 Å². The van der Waals surface area contributed by atoms with Gasteiger partial charge in [-0.3, -0.25) is 0 Å². The lowest BCUT2D eigenvalue weighted by atomic mass is 10.1. The summed E-state index contributed by atoms with van der Waals surface area (Å²) in [4.78, 5) is 0. The van der Waals surface area contributed by atoms with E-state index in [-0.39, 0.29) is 6.10 Å². The summed E-state index contributed by atoms with van der Waals surface area (Å²) in [6.07, 6.45) is 9.35. The zero-order chi connectivity index (χ0) is 15.6. The predicted octanol–water partition coefficient (Wildman–Crippen LogP) is 5.84. The highest BCUT2D eigenvalue weighted by Gasteiger charge is 2.20. The molecule has 0 aromatic carbocycles. The summed E-state index contributed by atoms with van der Waals surface area (Å²) in [5.41, 5.74) is 3.49. The lowest BCUT2D eigenvalue weighted by molar-refractivity contribution is 0.235.